The maximum Gasteiger partial charge on any atom is 0.332 e. The molecule has 4 atom stereocenters. The summed E-state index contributed by atoms with van der Waals surface area (Å²) in [5.74, 6) is -1.46. The highest BCUT2D eigenvalue weighted by Gasteiger charge is 2.31. The second-order valence-electron chi connectivity index (χ2n) is 9.72. The van der Waals surface area contributed by atoms with Crippen molar-refractivity contribution in [1.82, 2.24) is 16.0 Å². The van der Waals surface area contributed by atoms with Crippen LogP contribution in [0, 0.1) is 5.92 Å². The monoisotopic (exact) mass is 519 g/mol. The molecule has 206 valence electrons. The Balaban J connectivity index is 3.10. The average molecular weight is 520 g/mol. The van der Waals surface area contributed by atoms with Crippen LogP contribution in [0.2, 0.25) is 0 Å². The molecule has 0 radical (unpaired) electrons. The summed E-state index contributed by atoms with van der Waals surface area (Å²) < 4.78 is 15.7. The lowest BCUT2D eigenvalue weighted by atomic mass is 10.0. The molecule has 0 spiro atoms. The lowest BCUT2D eigenvalue weighted by Gasteiger charge is -2.29. The first-order chi connectivity index (χ1) is 17.3. The first-order valence-corrected chi connectivity index (χ1v) is 12.1. The molecule has 0 aliphatic carbocycles. The first kappa shape index (κ1) is 31.8. The second-order valence-corrected chi connectivity index (χ2v) is 9.72. The average Bonchev–Trinajstić information content (AvgIpc) is 2.82. The van der Waals surface area contributed by atoms with E-state index in [1.807, 2.05) is 0 Å². The topological polar surface area (TPSA) is 135 Å². The van der Waals surface area contributed by atoms with Gasteiger partial charge in [0.05, 0.1) is 18.8 Å². The highest BCUT2D eigenvalue weighted by Crippen LogP contribution is 2.15. The molecule has 0 heterocycles. The van der Waals surface area contributed by atoms with Crippen molar-refractivity contribution in [2.24, 2.45) is 5.92 Å². The van der Waals surface area contributed by atoms with Crippen LogP contribution in [0.25, 0.3) is 0 Å². The number of carbonyl (C=O) groups is 3. The van der Waals surface area contributed by atoms with Gasteiger partial charge in [-0.1, -0.05) is 44.7 Å². The van der Waals surface area contributed by atoms with Crippen molar-refractivity contribution < 1.29 is 33.7 Å². The summed E-state index contributed by atoms with van der Waals surface area (Å²) >= 11 is 0. The quantitative estimate of drug-likeness (QED) is 0.157. The van der Waals surface area contributed by atoms with Crippen molar-refractivity contribution in [3.05, 3.63) is 55.1 Å². The molecule has 1 aromatic carbocycles. The van der Waals surface area contributed by atoms with E-state index in [0.29, 0.717) is 12.4 Å². The predicted molar refractivity (Wildman–Crippen MR) is 141 cm³/mol. The van der Waals surface area contributed by atoms with Crippen molar-refractivity contribution in [3.63, 3.8) is 0 Å². The van der Waals surface area contributed by atoms with E-state index in [1.54, 1.807) is 65.0 Å². The third-order valence-electron chi connectivity index (χ3n) is 5.09. The first-order valence-electron chi connectivity index (χ1n) is 12.1. The zero-order valence-corrected chi connectivity index (χ0v) is 22.6. The zero-order chi connectivity index (χ0) is 28.2. The lowest BCUT2D eigenvalue weighted by molar-refractivity contribution is -0.187. The van der Waals surface area contributed by atoms with Crippen LogP contribution in [0.3, 0.4) is 0 Å². The molecular formula is C27H41N3O7. The summed E-state index contributed by atoms with van der Waals surface area (Å²) in [6, 6.07) is 4.14. The standard InChI is InChI=1S/C27H41N3O7/c1-9-15-36-19-13-11-18(12-14-19)16-21(29-26(34)37-27(5,6)7)23(31)30-22(17(3)4)24(32)28-20(10-2)25(33)35-8/h9-14,17,20-22,26,29,34H,1-2,15-16H2,3-8H3,(H,28,32)(H,30,31). The number of nitrogens with one attached hydrogen (secondary N) is 3. The number of ether oxygens (including phenoxy) is 3. The number of aliphatic hydroxyl groups is 1. The van der Waals surface area contributed by atoms with Gasteiger partial charge >= 0.3 is 5.97 Å². The molecule has 0 saturated heterocycles. The van der Waals surface area contributed by atoms with Crippen molar-refractivity contribution in [1.29, 1.82) is 0 Å². The Hall–Kier alpha value is -3.21. The molecule has 0 aliphatic heterocycles. The van der Waals surface area contributed by atoms with E-state index in [4.69, 9.17) is 9.47 Å². The number of methoxy groups -OCH3 is 1. The molecule has 10 heteroatoms. The van der Waals surface area contributed by atoms with Crippen LogP contribution in [0.5, 0.6) is 5.75 Å². The molecule has 0 bridgehead atoms. The molecule has 10 nitrogen and oxygen atoms in total. The Labute approximate surface area is 219 Å². The van der Waals surface area contributed by atoms with Crippen molar-refractivity contribution in [2.45, 2.75) is 71.2 Å². The Kier molecular flexibility index (Phi) is 13.0. The summed E-state index contributed by atoms with van der Waals surface area (Å²) in [5, 5.41) is 18.5. The summed E-state index contributed by atoms with van der Waals surface area (Å²) in [6.07, 6.45) is 1.62. The lowest BCUT2D eigenvalue weighted by Crippen LogP contribution is -2.58. The molecule has 4 N–H and O–H groups in total. The van der Waals surface area contributed by atoms with Crippen LogP contribution in [-0.2, 0) is 30.3 Å². The molecular weight excluding hydrogens is 478 g/mol. The van der Waals surface area contributed by atoms with Gasteiger partial charge in [0, 0.05) is 0 Å². The van der Waals surface area contributed by atoms with Crippen LogP contribution in [0.1, 0.15) is 40.2 Å². The fraction of sp³-hybridized carbons (Fsp3) is 0.519. The van der Waals surface area contributed by atoms with Gasteiger partial charge in [-0.15, -0.1) is 6.58 Å². The van der Waals surface area contributed by atoms with Crippen molar-refractivity contribution in [3.8, 4) is 5.75 Å². The molecule has 1 rings (SSSR count). The van der Waals surface area contributed by atoms with E-state index in [9.17, 15) is 19.5 Å². The van der Waals surface area contributed by atoms with Crippen LogP contribution >= 0.6 is 0 Å². The van der Waals surface area contributed by atoms with E-state index in [0.717, 1.165) is 5.56 Å². The summed E-state index contributed by atoms with van der Waals surface area (Å²) in [4.78, 5) is 38.1. The second kappa shape index (κ2) is 15.1. The van der Waals surface area contributed by atoms with Crippen LogP contribution < -0.4 is 20.7 Å². The van der Waals surface area contributed by atoms with E-state index in [2.05, 4.69) is 33.8 Å². The van der Waals surface area contributed by atoms with Crippen molar-refractivity contribution >= 4 is 17.8 Å². The Morgan fingerprint density at radius 2 is 1.68 bits per heavy atom. The normalized spacial score (nSPS) is 14.6. The maximum absolute atomic E-state index is 13.4. The van der Waals surface area contributed by atoms with Gasteiger partial charge in [0.2, 0.25) is 18.2 Å². The number of aliphatic hydroxyl groups excluding tert-OH is 1. The highest BCUT2D eigenvalue weighted by atomic mass is 16.6. The van der Waals surface area contributed by atoms with Gasteiger partial charge in [-0.3, -0.25) is 14.9 Å². The van der Waals surface area contributed by atoms with Crippen LogP contribution in [-0.4, -0.2) is 66.7 Å². The molecule has 0 saturated carbocycles. The van der Waals surface area contributed by atoms with Gasteiger partial charge in [-0.25, -0.2) is 4.79 Å². The fourth-order valence-corrected chi connectivity index (χ4v) is 3.25. The minimum Gasteiger partial charge on any atom is -0.490 e. The number of rotatable bonds is 15. The van der Waals surface area contributed by atoms with E-state index < -0.39 is 47.9 Å². The van der Waals surface area contributed by atoms with Gasteiger partial charge in [-0.05, 0) is 50.8 Å². The molecule has 0 aliphatic rings. The smallest absolute Gasteiger partial charge is 0.332 e. The number of hydrogen-bond donors (Lipinski definition) is 4. The number of carbonyl (C=O) groups excluding carboxylic acids is 3. The Morgan fingerprint density at radius 3 is 2.16 bits per heavy atom. The molecule has 1 aromatic rings. The molecule has 37 heavy (non-hydrogen) atoms. The van der Waals surface area contributed by atoms with E-state index in [-0.39, 0.29) is 12.3 Å². The van der Waals surface area contributed by atoms with Crippen molar-refractivity contribution in [2.75, 3.05) is 13.7 Å². The van der Waals surface area contributed by atoms with Crippen LogP contribution in [0.4, 0.5) is 0 Å². The van der Waals surface area contributed by atoms with Crippen LogP contribution in [0.15, 0.2) is 49.6 Å². The van der Waals surface area contributed by atoms with Gasteiger partial charge in [0.1, 0.15) is 24.4 Å². The minimum atomic E-state index is -1.44. The number of amides is 2. The largest absolute Gasteiger partial charge is 0.490 e. The highest BCUT2D eigenvalue weighted by molar-refractivity contribution is 5.92. The third kappa shape index (κ3) is 11.6. The molecule has 4 unspecified atom stereocenters. The Bertz CT molecular complexity index is 910. The summed E-state index contributed by atoms with van der Waals surface area (Å²) in [7, 11) is 1.20. The van der Waals surface area contributed by atoms with E-state index >= 15 is 0 Å². The fourth-order valence-electron chi connectivity index (χ4n) is 3.25. The van der Waals surface area contributed by atoms with Gasteiger partial charge < -0.3 is 30.0 Å². The van der Waals surface area contributed by atoms with E-state index in [1.165, 1.54) is 13.2 Å². The van der Waals surface area contributed by atoms with Gasteiger partial charge in [-0.2, -0.15) is 0 Å². The number of hydrogen-bond acceptors (Lipinski definition) is 8. The van der Waals surface area contributed by atoms with Gasteiger partial charge in [0.15, 0.2) is 0 Å². The maximum atomic E-state index is 13.4. The number of benzene rings is 1. The zero-order valence-electron chi connectivity index (χ0n) is 22.6. The minimum absolute atomic E-state index is 0.183. The SMILES string of the molecule is C=CCOc1ccc(CC(NC(O)OC(C)(C)C)C(=O)NC(C(=O)NC(C=C)C(=O)OC)C(C)C)cc1. The third-order valence-corrected chi connectivity index (χ3v) is 5.09. The summed E-state index contributed by atoms with van der Waals surface area (Å²) in [6.45, 7) is 16.3. The number of esters is 1. The summed E-state index contributed by atoms with van der Waals surface area (Å²) in [5.41, 5.74) is 0.107. The molecule has 0 aromatic heterocycles. The molecule has 0 fully saturated rings. The molecule has 2 amide bonds. The Morgan fingerprint density at radius 1 is 1.05 bits per heavy atom. The van der Waals surface area contributed by atoms with Gasteiger partial charge in [0.25, 0.3) is 0 Å². The predicted octanol–water partition coefficient (Wildman–Crippen LogP) is 1.83.